The Kier molecular flexibility index (Phi) is 5.46. The molecule has 2 aromatic carbocycles. The van der Waals surface area contributed by atoms with Gasteiger partial charge in [0.2, 0.25) is 5.91 Å². The summed E-state index contributed by atoms with van der Waals surface area (Å²) in [6, 6.07) is 13.5. The van der Waals surface area contributed by atoms with Crippen molar-refractivity contribution < 1.29 is 14.7 Å². The van der Waals surface area contributed by atoms with Crippen molar-refractivity contribution in [1.82, 2.24) is 15.1 Å². The zero-order valence-corrected chi connectivity index (χ0v) is 14.4. The molecule has 0 aliphatic carbocycles. The molecule has 0 fully saturated rings. The van der Waals surface area contributed by atoms with Gasteiger partial charge in [0.1, 0.15) is 6.54 Å². The third-order valence-electron chi connectivity index (χ3n) is 3.94. The van der Waals surface area contributed by atoms with E-state index in [1.54, 1.807) is 36.5 Å². The van der Waals surface area contributed by atoms with Crippen LogP contribution in [0.3, 0.4) is 0 Å². The zero-order chi connectivity index (χ0) is 19.2. The Morgan fingerprint density at radius 1 is 1.07 bits per heavy atom. The van der Waals surface area contributed by atoms with Crippen LogP contribution in [0.2, 0.25) is 0 Å². The molecule has 3 rings (SSSR count). The van der Waals surface area contributed by atoms with E-state index in [9.17, 15) is 14.4 Å². The maximum absolute atomic E-state index is 12.3. The van der Waals surface area contributed by atoms with Crippen molar-refractivity contribution in [2.45, 2.75) is 6.54 Å². The minimum Gasteiger partial charge on any atom is -0.478 e. The first-order valence-corrected chi connectivity index (χ1v) is 8.33. The number of fused-ring (bicyclic) bond motifs is 1. The van der Waals surface area contributed by atoms with Crippen molar-refractivity contribution in [2.75, 3.05) is 18.4 Å². The molecule has 1 aromatic heterocycles. The van der Waals surface area contributed by atoms with Gasteiger partial charge in [0, 0.05) is 24.2 Å². The predicted molar refractivity (Wildman–Crippen MR) is 101 cm³/mol. The molecule has 27 heavy (non-hydrogen) atoms. The number of anilines is 1. The Bertz CT molecular complexity index is 1050. The van der Waals surface area contributed by atoms with Gasteiger partial charge in [-0.15, -0.1) is 0 Å². The molecule has 0 aliphatic heterocycles. The number of rotatable bonds is 7. The van der Waals surface area contributed by atoms with Gasteiger partial charge in [-0.05, 0) is 24.3 Å². The lowest BCUT2D eigenvalue weighted by Crippen LogP contribution is -2.35. The number of carboxylic acid groups (broad SMARTS) is 1. The molecule has 1 amide bonds. The van der Waals surface area contributed by atoms with Crippen LogP contribution in [-0.4, -0.2) is 39.9 Å². The quantitative estimate of drug-likeness (QED) is 0.544. The molecule has 1 heterocycles. The largest absolute Gasteiger partial charge is 0.478 e. The number of aromatic carboxylic acids is 1. The van der Waals surface area contributed by atoms with Crippen LogP contribution in [0.4, 0.5) is 5.69 Å². The summed E-state index contributed by atoms with van der Waals surface area (Å²) in [5.74, 6) is -1.33. The molecule has 0 unspecified atom stereocenters. The van der Waals surface area contributed by atoms with E-state index in [2.05, 4.69) is 15.7 Å². The first kappa shape index (κ1) is 18.1. The SMILES string of the molecule is O=C(Cn1ncc2ccccc2c1=O)NCCNc1cccc(C(=O)O)c1. The lowest BCUT2D eigenvalue weighted by molar-refractivity contribution is -0.121. The number of aromatic nitrogens is 2. The van der Waals surface area contributed by atoms with E-state index in [0.717, 1.165) is 10.1 Å². The summed E-state index contributed by atoms with van der Waals surface area (Å²) in [5, 5.41) is 20.0. The summed E-state index contributed by atoms with van der Waals surface area (Å²) >= 11 is 0. The van der Waals surface area contributed by atoms with E-state index in [4.69, 9.17) is 5.11 Å². The maximum Gasteiger partial charge on any atom is 0.335 e. The van der Waals surface area contributed by atoms with Crippen LogP contribution >= 0.6 is 0 Å². The van der Waals surface area contributed by atoms with Gasteiger partial charge in [-0.25, -0.2) is 9.48 Å². The molecule has 0 spiro atoms. The molecule has 0 radical (unpaired) electrons. The molecule has 0 atom stereocenters. The third kappa shape index (κ3) is 4.49. The summed E-state index contributed by atoms with van der Waals surface area (Å²) in [4.78, 5) is 35.3. The molecule has 8 heteroatoms. The number of nitrogens with one attached hydrogen (secondary N) is 2. The highest BCUT2D eigenvalue weighted by Crippen LogP contribution is 2.10. The van der Waals surface area contributed by atoms with Crippen molar-refractivity contribution in [3.8, 4) is 0 Å². The van der Waals surface area contributed by atoms with Gasteiger partial charge in [0.25, 0.3) is 5.56 Å². The van der Waals surface area contributed by atoms with Gasteiger partial charge in [-0.3, -0.25) is 9.59 Å². The topological polar surface area (TPSA) is 113 Å². The highest BCUT2D eigenvalue weighted by atomic mass is 16.4. The number of carbonyl (C=O) groups is 2. The Hall–Kier alpha value is -3.68. The smallest absolute Gasteiger partial charge is 0.335 e. The van der Waals surface area contributed by atoms with Crippen molar-refractivity contribution in [2.24, 2.45) is 0 Å². The number of hydrogen-bond acceptors (Lipinski definition) is 5. The molecule has 138 valence electrons. The van der Waals surface area contributed by atoms with Gasteiger partial charge >= 0.3 is 5.97 Å². The van der Waals surface area contributed by atoms with Crippen LogP contribution in [0.25, 0.3) is 10.8 Å². The molecule has 0 saturated carbocycles. The molecule has 0 aliphatic rings. The van der Waals surface area contributed by atoms with E-state index in [0.29, 0.717) is 24.2 Å². The van der Waals surface area contributed by atoms with Gasteiger partial charge < -0.3 is 15.7 Å². The summed E-state index contributed by atoms with van der Waals surface area (Å²) < 4.78 is 1.13. The van der Waals surface area contributed by atoms with Crippen molar-refractivity contribution >= 4 is 28.3 Å². The predicted octanol–water partition coefficient (Wildman–Crippen LogP) is 1.32. The fourth-order valence-electron chi connectivity index (χ4n) is 2.60. The van der Waals surface area contributed by atoms with E-state index in [-0.39, 0.29) is 23.6 Å². The molecule has 3 N–H and O–H groups in total. The number of nitrogens with zero attached hydrogens (tertiary/aromatic N) is 2. The molecule has 0 saturated heterocycles. The molecule has 8 nitrogen and oxygen atoms in total. The number of benzene rings is 2. The number of amides is 1. The van der Waals surface area contributed by atoms with Crippen LogP contribution in [0.1, 0.15) is 10.4 Å². The van der Waals surface area contributed by atoms with Gasteiger partial charge in [-0.2, -0.15) is 5.10 Å². The van der Waals surface area contributed by atoms with Gasteiger partial charge in [-0.1, -0.05) is 24.3 Å². The Morgan fingerprint density at radius 3 is 2.70 bits per heavy atom. The lowest BCUT2D eigenvalue weighted by atomic mass is 10.2. The number of carboxylic acids is 1. The van der Waals surface area contributed by atoms with E-state index < -0.39 is 5.97 Å². The molecule has 3 aromatic rings. The molecular formula is C19H18N4O4. The Morgan fingerprint density at radius 2 is 1.89 bits per heavy atom. The zero-order valence-electron chi connectivity index (χ0n) is 14.4. The monoisotopic (exact) mass is 366 g/mol. The summed E-state index contributed by atoms with van der Waals surface area (Å²) in [5.41, 5.74) is 0.522. The Balaban J connectivity index is 1.52. The van der Waals surface area contributed by atoms with Crippen LogP contribution in [0.5, 0.6) is 0 Å². The van der Waals surface area contributed by atoms with Gasteiger partial charge in [0.15, 0.2) is 0 Å². The van der Waals surface area contributed by atoms with E-state index in [1.165, 1.54) is 12.1 Å². The van der Waals surface area contributed by atoms with Crippen LogP contribution in [0, 0.1) is 0 Å². The number of hydrogen-bond donors (Lipinski definition) is 3. The second kappa shape index (κ2) is 8.13. The van der Waals surface area contributed by atoms with Crippen LogP contribution in [-0.2, 0) is 11.3 Å². The average Bonchev–Trinajstić information content (AvgIpc) is 2.68. The second-order valence-corrected chi connectivity index (χ2v) is 5.86. The van der Waals surface area contributed by atoms with Crippen LogP contribution < -0.4 is 16.2 Å². The second-order valence-electron chi connectivity index (χ2n) is 5.86. The highest BCUT2D eigenvalue weighted by Gasteiger charge is 2.08. The van der Waals surface area contributed by atoms with E-state index >= 15 is 0 Å². The fourth-order valence-corrected chi connectivity index (χ4v) is 2.60. The summed E-state index contributed by atoms with van der Waals surface area (Å²) in [6.45, 7) is 0.561. The normalized spacial score (nSPS) is 10.5. The standard InChI is InChI=1S/C19H18N4O4/c24-17(12-23-18(25)16-7-2-1-4-14(16)11-22-23)21-9-8-20-15-6-3-5-13(10-15)19(26)27/h1-7,10-11,20H,8-9,12H2,(H,21,24)(H,26,27). The first-order valence-electron chi connectivity index (χ1n) is 8.33. The number of carbonyl (C=O) groups excluding carboxylic acids is 1. The van der Waals surface area contributed by atoms with Crippen molar-refractivity contribution in [1.29, 1.82) is 0 Å². The Labute approximate surface area is 154 Å². The summed E-state index contributed by atoms with van der Waals surface area (Å²) in [7, 11) is 0. The van der Waals surface area contributed by atoms with Crippen LogP contribution in [0.15, 0.2) is 59.5 Å². The minimum absolute atomic E-state index is 0.168. The third-order valence-corrected chi connectivity index (χ3v) is 3.94. The van der Waals surface area contributed by atoms with Crippen molar-refractivity contribution in [3.05, 3.63) is 70.6 Å². The average molecular weight is 366 g/mol. The minimum atomic E-state index is -1.000. The van der Waals surface area contributed by atoms with Crippen molar-refractivity contribution in [3.63, 3.8) is 0 Å². The molecular weight excluding hydrogens is 348 g/mol. The maximum atomic E-state index is 12.3. The lowest BCUT2D eigenvalue weighted by Gasteiger charge is -2.09. The fraction of sp³-hybridized carbons (Fsp3) is 0.158. The van der Waals surface area contributed by atoms with Gasteiger partial charge in [0.05, 0.1) is 17.1 Å². The summed E-state index contributed by atoms with van der Waals surface area (Å²) in [6.07, 6.45) is 1.56. The van der Waals surface area contributed by atoms with E-state index in [1.807, 2.05) is 6.07 Å². The first-order chi connectivity index (χ1) is 13.0. The highest BCUT2D eigenvalue weighted by molar-refractivity contribution is 5.88. The molecule has 0 bridgehead atoms.